The Morgan fingerprint density at radius 1 is 1.26 bits per heavy atom. The first-order valence-corrected chi connectivity index (χ1v) is 7.16. The van der Waals surface area contributed by atoms with Crippen molar-refractivity contribution in [3.63, 3.8) is 0 Å². The molecule has 0 aliphatic rings. The lowest BCUT2D eigenvalue weighted by molar-refractivity contribution is 0.565. The maximum absolute atomic E-state index is 13.2. The molecule has 1 nitrogen and oxygen atoms in total. The molecule has 100 valence electrons. The summed E-state index contributed by atoms with van der Waals surface area (Å²) >= 11 is 9.55. The quantitative estimate of drug-likeness (QED) is 0.816. The summed E-state index contributed by atoms with van der Waals surface area (Å²) in [6.45, 7) is 2.64. The van der Waals surface area contributed by atoms with Crippen molar-refractivity contribution >= 4 is 27.5 Å². The van der Waals surface area contributed by atoms with E-state index in [1.165, 1.54) is 6.07 Å². The lowest BCUT2D eigenvalue weighted by atomic mass is 10.1. The first-order valence-electron chi connectivity index (χ1n) is 5.99. The molecule has 0 bridgehead atoms. The van der Waals surface area contributed by atoms with E-state index in [1.54, 1.807) is 12.1 Å². The maximum atomic E-state index is 13.2. The largest absolute Gasteiger partial charge is 0.306 e. The van der Waals surface area contributed by atoms with Crippen LogP contribution >= 0.6 is 27.5 Å². The molecule has 0 unspecified atom stereocenters. The Morgan fingerprint density at radius 3 is 2.79 bits per heavy atom. The standard InChI is InChI=1S/C15H14BrClFN/c1-10(11-3-2-4-14(18)8-11)19-9-12-7-13(16)5-6-15(12)17/h2-8,10,19H,9H2,1H3/t10-/m0/s1. The van der Waals surface area contributed by atoms with Crippen LogP contribution in [-0.4, -0.2) is 0 Å². The molecule has 2 rings (SSSR count). The molecule has 0 aliphatic heterocycles. The predicted molar refractivity (Wildman–Crippen MR) is 80.8 cm³/mol. The number of rotatable bonds is 4. The second-order valence-corrected chi connectivity index (χ2v) is 5.72. The van der Waals surface area contributed by atoms with Crippen molar-refractivity contribution in [1.29, 1.82) is 0 Å². The van der Waals surface area contributed by atoms with Crippen LogP contribution in [0.15, 0.2) is 46.9 Å². The summed E-state index contributed by atoms with van der Waals surface area (Å²) in [6, 6.07) is 12.4. The average molecular weight is 343 g/mol. The lowest BCUT2D eigenvalue weighted by Gasteiger charge is -2.15. The van der Waals surface area contributed by atoms with E-state index >= 15 is 0 Å². The molecule has 1 atom stereocenters. The zero-order chi connectivity index (χ0) is 13.8. The van der Waals surface area contributed by atoms with Crippen LogP contribution < -0.4 is 5.32 Å². The molecule has 2 aromatic carbocycles. The Balaban J connectivity index is 2.04. The molecule has 0 heterocycles. The maximum Gasteiger partial charge on any atom is 0.123 e. The average Bonchev–Trinajstić information content (AvgIpc) is 2.39. The minimum atomic E-state index is -0.216. The molecule has 4 heteroatoms. The van der Waals surface area contributed by atoms with E-state index in [0.717, 1.165) is 20.6 Å². The van der Waals surface area contributed by atoms with Crippen LogP contribution in [0.5, 0.6) is 0 Å². The van der Waals surface area contributed by atoms with Gasteiger partial charge in [-0.15, -0.1) is 0 Å². The van der Waals surface area contributed by atoms with Gasteiger partial charge >= 0.3 is 0 Å². The number of benzene rings is 2. The van der Waals surface area contributed by atoms with Crippen LogP contribution in [0.2, 0.25) is 5.02 Å². The minimum Gasteiger partial charge on any atom is -0.306 e. The Labute approximate surface area is 125 Å². The van der Waals surface area contributed by atoms with E-state index in [0.29, 0.717) is 6.54 Å². The van der Waals surface area contributed by atoms with E-state index in [2.05, 4.69) is 21.2 Å². The van der Waals surface area contributed by atoms with Crippen LogP contribution in [0, 0.1) is 5.82 Å². The van der Waals surface area contributed by atoms with Crippen LogP contribution in [0.1, 0.15) is 24.1 Å². The summed E-state index contributed by atoms with van der Waals surface area (Å²) in [5, 5.41) is 4.06. The highest BCUT2D eigenvalue weighted by atomic mass is 79.9. The molecule has 2 aromatic rings. The molecule has 0 spiro atoms. The van der Waals surface area contributed by atoms with Gasteiger partial charge < -0.3 is 5.32 Å². The summed E-state index contributed by atoms with van der Waals surface area (Å²) in [5.41, 5.74) is 1.94. The summed E-state index contributed by atoms with van der Waals surface area (Å²) in [4.78, 5) is 0. The molecule has 0 aromatic heterocycles. The zero-order valence-corrected chi connectivity index (χ0v) is 12.8. The van der Waals surface area contributed by atoms with Gasteiger partial charge in [-0.2, -0.15) is 0 Å². The van der Waals surface area contributed by atoms with Crippen molar-refractivity contribution in [2.24, 2.45) is 0 Å². The molecule has 0 aliphatic carbocycles. The van der Waals surface area contributed by atoms with E-state index < -0.39 is 0 Å². The van der Waals surface area contributed by atoms with Gasteiger partial charge in [0, 0.05) is 22.1 Å². The number of halogens is 3. The van der Waals surface area contributed by atoms with Gasteiger partial charge in [-0.25, -0.2) is 4.39 Å². The third-order valence-corrected chi connectivity index (χ3v) is 3.82. The first kappa shape index (κ1) is 14.5. The summed E-state index contributed by atoms with van der Waals surface area (Å²) in [5.74, 6) is -0.216. The van der Waals surface area contributed by atoms with E-state index in [-0.39, 0.29) is 11.9 Å². The van der Waals surface area contributed by atoms with Gasteiger partial charge in [0.05, 0.1) is 0 Å². The molecule has 0 saturated carbocycles. The van der Waals surface area contributed by atoms with Crippen molar-refractivity contribution in [1.82, 2.24) is 5.32 Å². The number of hydrogen-bond donors (Lipinski definition) is 1. The Kier molecular flexibility index (Phi) is 4.97. The van der Waals surface area contributed by atoms with Crippen LogP contribution in [0.25, 0.3) is 0 Å². The highest BCUT2D eigenvalue weighted by Gasteiger charge is 2.07. The molecule has 19 heavy (non-hydrogen) atoms. The molecular formula is C15H14BrClFN. The van der Waals surface area contributed by atoms with Gasteiger partial charge in [-0.05, 0) is 48.4 Å². The van der Waals surface area contributed by atoms with E-state index in [4.69, 9.17) is 11.6 Å². The molecule has 0 saturated heterocycles. The number of nitrogens with one attached hydrogen (secondary N) is 1. The highest BCUT2D eigenvalue weighted by molar-refractivity contribution is 9.10. The Hall–Kier alpha value is -0.900. The summed E-state index contributed by atoms with van der Waals surface area (Å²) in [7, 11) is 0. The second kappa shape index (κ2) is 6.51. The third kappa shape index (κ3) is 4.03. The SMILES string of the molecule is C[C@H](NCc1cc(Br)ccc1Cl)c1cccc(F)c1. The van der Waals surface area contributed by atoms with Crippen LogP contribution in [0.3, 0.4) is 0 Å². The van der Waals surface area contributed by atoms with Gasteiger partial charge in [0.2, 0.25) is 0 Å². The van der Waals surface area contributed by atoms with Crippen LogP contribution in [0.4, 0.5) is 4.39 Å². The van der Waals surface area contributed by atoms with Crippen molar-refractivity contribution < 1.29 is 4.39 Å². The molecular weight excluding hydrogens is 329 g/mol. The first-order chi connectivity index (χ1) is 9.06. The zero-order valence-electron chi connectivity index (χ0n) is 10.5. The van der Waals surface area contributed by atoms with E-state index in [1.807, 2.05) is 31.2 Å². The summed E-state index contributed by atoms with van der Waals surface area (Å²) in [6.07, 6.45) is 0. The van der Waals surface area contributed by atoms with Gasteiger partial charge in [-0.1, -0.05) is 39.7 Å². The third-order valence-electron chi connectivity index (χ3n) is 2.96. The Bertz CT molecular complexity index is 574. The van der Waals surface area contributed by atoms with Gasteiger partial charge in [0.1, 0.15) is 5.82 Å². The van der Waals surface area contributed by atoms with Crippen molar-refractivity contribution in [3.8, 4) is 0 Å². The second-order valence-electron chi connectivity index (χ2n) is 4.39. The molecule has 0 radical (unpaired) electrons. The fourth-order valence-electron chi connectivity index (χ4n) is 1.84. The van der Waals surface area contributed by atoms with Gasteiger partial charge in [0.25, 0.3) is 0 Å². The fraction of sp³-hybridized carbons (Fsp3) is 0.200. The molecule has 0 amide bonds. The number of hydrogen-bond acceptors (Lipinski definition) is 1. The topological polar surface area (TPSA) is 12.0 Å². The normalized spacial score (nSPS) is 12.4. The summed E-state index contributed by atoms with van der Waals surface area (Å²) < 4.78 is 14.1. The molecule has 1 N–H and O–H groups in total. The Morgan fingerprint density at radius 2 is 2.05 bits per heavy atom. The van der Waals surface area contributed by atoms with Crippen molar-refractivity contribution in [2.45, 2.75) is 19.5 Å². The van der Waals surface area contributed by atoms with Crippen molar-refractivity contribution in [2.75, 3.05) is 0 Å². The molecule has 0 fully saturated rings. The van der Waals surface area contributed by atoms with E-state index in [9.17, 15) is 4.39 Å². The highest BCUT2D eigenvalue weighted by Crippen LogP contribution is 2.22. The monoisotopic (exact) mass is 341 g/mol. The predicted octanol–water partition coefficient (Wildman–Crippen LogP) is 5.09. The van der Waals surface area contributed by atoms with Crippen molar-refractivity contribution in [3.05, 3.63) is 68.9 Å². The lowest BCUT2D eigenvalue weighted by Crippen LogP contribution is -2.18. The fourth-order valence-corrected chi connectivity index (χ4v) is 2.43. The van der Waals surface area contributed by atoms with Gasteiger partial charge in [0.15, 0.2) is 0 Å². The minimum absolute atomic E-state index is 0.0609. The smallest absolute Gasteiger partial charge is 0.123 e. The van der Waals surface area contributed by atoms with Crippen LogP contribution in [-0.2, 0) is 6.54 Å². The van der Waals surface area contributed by atoms with Gasteiger partial charge in [-0.3, -0.25) is 0 Å².